The van der Waals surface area contributed by atoms with Crippen molar-refractivity contribution in [2.24, 2.45) is 13.0 Å². The molecule has 1 amide bonds. The lowest BCUT2D eigenvalue weighted by atomic mass is 9.88. The lowest BCUT2D eigenvalue weighted by Gasteiger charge is -2.47. The molecule has 1 aliphatic carbocycles. The predicted molar refractivity (Wildman–Crippen MR) is 72.5 cm³/mol. The number of carbonyl (C=O) groups excluding carboxylic acids is 1. The predicted octanol–water partition coefficient (Wildman–Crippen LogP) is -0.00596. The number of hydrogen-bond acceptors (Lipinski definition) is 4. The first-order chi connectivity index (χ1) is 9.33. The zero-order valence-electron chi connectivity index (χ0n) is 12.0. The molecule has 3 rings (SSSR count). The van der Waals surface area contributed by atoms with Gasteiger partial charge in [-0.15, -0.1) is 0 Å². The van der Waals surface area contributed by atoms with Crippen LogP contribution in [-0.2, 0) is 7.05 Å². The first kappa shape index (κ1) is 13.3. The molecule has 0 radical (unpaired) electrons. The molecular formula is C14H19N3O3. The maximum absolute atomic E-state index is 12.5. The lowest BCUT2D eigenvalue weighted by molar-refractivity contribution is -0.0959. The number of hydrogen-bond donors (Lipinski definition) is 1. The quantitative estimate of drug-likeness (QED) is 0.825. The van der Waals surface area contributed by atoms with Crippen LogP contribution in [0.25, 0.3) is 0 Å². The number of amides is 1. The highest BCUT2D eigenvalue weighted by molar-refractivity contribution is 5.96. The smallest absolute Gasteiger partial charge is 0.279 e. The van der Waals surface area contributed by atoms with Crippen LogP contribution < -0.4 is 5.56 Å². The summed E-state index contributed by atoms with van der Waals surface area (Å²) < 4.78 is 1.20. The minimum atomic E-state index is -0.725. The van der Waals surface area contributed by atoms with Gasteiger partial charge in [0.25, 0.3) is 11.5 Å². The molecule has 6 nitrogen and oxygen atoms in total. The third-order valence-corrected chi connectivity index (χ3v) is 4.49. The molecule has 1 N–H and O–H groups in total. The molecule has 0 atom stereocenters. The molecule has 0 aromatic carbocycles. The van der Waals surface area contributed by atoms with Crippen molar-refractivity contribution < 1.29 is 9.90 Å². The largest absolute Gasteiger partial charge is 0.386 e. The molecule has 1 aliphatic heterocycles. The van der Waals surface area contributed by atoms with Crippen LogP contribution in [0.15, 0.2) is 4.79 Å². The Balaban J connectivity index is 1.87. The van der Waals surface area contributed by atoms with Crippen molar-refractivity contribution in [3.05, 3.63) is 27.2 Å². The highest BCUT2D eigenvalue weighted by atomic mass is 16.3. The Kier molecular flexibility index (Phi) is 2.76. The minimum Gasteiger partial charge on any atom is -0.386 e. The van der Waals surface area contributed by atoms with Gasteiger partial charge >= 0.3 is 0 Å². The molecule has 1 saturated carbocycles. The third-order valence-electron chi connectivity index (χ3n) is 4.49. The summed E-state index contributed by atoms with van der Waals surface area (Å²) in [5.41, 5.74) is 0.378. The van der Waals surface area contributed by atoms with Crippen LogP contribution in [0, 0.1) is 19.8 Å². The highest BCUT2D eigenvalue weighted by Crippen LogP contribution is 2.44. The zero-order chi connectivity index (χ0) is 14.7. The SMILES string of the molecule is Cc1nn(C)c(=O)c(C(=O)N2CC(O)(C3CC3)C2)c1C. The molecule has 0 spiro atoms. The Labute approximate surface area is 117 Å². The number of aromatic nitrogens is 2. The van der Waals surface area contributed by atoms with Gasteiger partial charge in [0.1, 0.15) is 11.2 Å². The Morgan fingerprint density at radius 2 is 1.95 bits per heavy atom. The summed E-state index contributed by atoms with van der Waals surface area (Å²) in [6, 6.07) is 0. The van der Waals surface area contributed by atoms with E-state index >= 15 is 0 Å². The number of β-amino-alcohol motifs (C(OH)–C–C–N with tert-alkyl or cyclic N) is 1. The summed E-state index contributed by atoms with van der Waals surface area (Å²) in [5, 5.41) is 14.3. The van der Waals surface area contributed by atoms with Crippen molar-refractivity contribution in [2.75, 3.05) is 13.1 Å². The van der Waals surface area contributed by atoms with Crippen molar-refractivity contribution in [3.8, 4) is 0 Å². The number of carbonyl (C=O) groups is 1. The van der Waals surface area contributed by atoms with E-state index in [1.165, 1.54) is 4.68 Å². The number of likely N-dealkylation sites (tertiary alicyclic amines) is 1. The maximum Gasteiger partial charge on any atom is 0.279 e. The molecule has 1 saturated heterocycles. The van der Waals surface area contributed by atoms with Gasteiger partial charge in [-0.05, 0) is 38.2 Å². The fraction of sp³-hybridized carbons (Fsp3) is 0.643. The number of aliphatic hydroxyl groups is 1. The van der Waals surface area contributed by atoms with Gasteiger partial charge < -0.3 is 10.0 Å². The molecular weight excluding hydrogens is 258 g/mol. The van der Waals surface area contributed by atoms with E-state index in [-0.39, 0.29) is 17.0 Å². The van der Waals surface area contributed by atoms with E-state index in [1.807, 2.05) is 0 Å². The summed E-state index contributed by atoms with van der Waals surface area (Å²) in [7, 11) is 1.54. The fourth-order valence-corrected chi connectivity index (χ4v) is 2.90. The molecule has 0 unspecified atom stereocenters. The van der Waals surface area contributed by atoms with Crippen LogP contribution in [-0.4, -0.2) is 44.4 Å². The van der Waals surface area contributed by atoms with Crippen LogP contribution in [0.4, 0.5) is 0 Å². The molecule has 2 heterocycles. The molecule has 6 heteroatoms. The van der Waals surface area contributed by atoms with E-state index in [0.29, 0.717) is 30.3 Å². The summed E-state index contributed by atoms with van der Waals surface area (Å²) in [6.07, 6.45) is 2.07. The topological polar surface area (TPSA) is 75.4 Å². The van der Waals surface area contributed by atoms with Gasteiger partial charge in [-0.2, -0.15) is 5.10 Å². The summed E-state index contributed by atoms with van der Waals surface area (Å²) in [6.45, 7) is 4.19. The Hall–Kier alpha value is -1.69. The van der Waals surface area contributed by atoms with E-state index < -0.39 is 5.60 Å². The Bertz CT molecular complexity index is 640. The molecule has 20 heavy (non-hydrogen) atoms. The first-order valence-corrected chi connectivity index (χ1v) is 6.89. The molecule has 108 valence electrons. The summed E-state index contributed by atoms with van der Waals surface area (Å²) >= 11 is 0. The van der Waals surface area contributed by atoms with Gasteiger partial charge in [-0.25, -0.2) is 4.68 Å². The number of rotatable bonds is 2. The van der Waals surface area contributed by atoms with Gasteiger partial charge in [-0.3, -0.25) is 9.59 Å². The second-order valence-corrected chi connectivity index (χ2v) is 6.05. The van der Waals surface area contributed by atoms with Crippen LogP contribution in [0.3, 0.4) is 0 Å². The van der Waals surface area contributed by atoms with Crippen molar-refractivity contribution in [1.29, 1.82) is 0 Å². The molecule has 2 fully saturated rings. The minimum absolute atomic E-state index is 0.179. The van der Waals surface area contributed by atoms with Crippen molar-refractivity contribution in [1.82, 2.24) is 14.7 Å². The van der Waals surface area contributed by atoms with Crippen LogP contribution >= 0.6 is 0 Å². The lowest BCUT2D eigenvalue weighted by Crippen LogP contribution is -2.65. The van der Waals surface area contributed by atoms with Gasteiger partial charge in [0.15, 0.2) is 0 Å². The monoisotopic (exact) mass is 277 g/mol. The zero-order valence-corrected chi connectivity index (χ0v) is 12.0. The molecule has 1 aromatic heterocycles. The fourth-order valence-electron chi connectivity index (χ4n) is 2.90. The second-order valence-electron chi connectivity index (χ2n) is 6.05. The van der Waals surface area contributed by atoms with E-state index in [1.54, 1.807) is 25.8 Å². The third kappa shape index (κ3) is 1.86. The van der Waals surface area contributed by atoms with Crippen molar-refractivity contribution in [3.63, 3.8) is 0 Å². The average molecular weight is 277 g/mol. The van der Waals surface area contributed by atoms with Crippen LogP contribution in [0.2, 0.25) is 0 Å². The van der Waals surface area contributed by atoms with E-state index in [9.17, 15) is 14.7 Å². The van der Waals surface area contributed by atoms with Crippen LogP contribution in [0.5, 0.6) is 0 Å². The Morgan fingerprint density at radius 1 is 1.35 bits per heavy atom. The number of nitrogens with zero attached hydrogens (tertiary/aromatic N) is 3. The van der Waals surface area contributed by atoms with Gasteiger partial charge in [-0.1, -0.05) is 0 Å². The van der Waals surface area contributed by atoms with E-state index in [0.717, 1.165) is 12.8 Å². The van der Waals surface area contributed by atoms with Gasteiger partial charge in [0.2, 0.25) is 0 Å². The summed E-state index contributed by atoms with van der Waals surface area (Å²) in [4.78, 5) is 26.2. The summed E-state index contributed by atoms with van der Waals surface area (Å²) in [5.74, 6) is 0.0357. The number of aryl methyl sites for hydroxylation is 2. The molecule has 0 bridgehead atoms. The van der Waals surface area contributed by atoms with Crippen LogP contribution in [0.1, 0.15) is 34.5 Å². The van der Waals surface area contributed by atoms with E-state index in [2.05, 4.69) is 5.10 Å². The van der Waals surface area contributed by atoms with Gasteiger partial charge in [0.05, 0.1) is 18.8 Å². The van der Waals surface area contributed by atoms with Crippen molar-refractivity contribution >= 4 is 5.91 Å². The molecule has 2 aliphatic rings. The second kappa shape index (κ2) is 4.15. The Morgan fingerprint density at radius 3 is 2.50 bits per heavy atom. The normalized spacial score (nSPS) is 20.7. The first-order valence-electron chi connectivity index (χ1n) is 6.89. The molecule has 1 aromatic rings. The van der Waals surface area contributed by atoms with Crippen molar-refractivity contribution in [2.45, 2.75) is 32.3 Å². The highest BCUT2D eigenvalue weighted by Gasteiger charge is 2.53. The van der Waals surface area contributed by atoms with Gasteiger partial charge in [0, 0.05) is 7.05 Å². The standard InChI is InChI=1S/C14H19N3O3/c1-8-9(2)15-16(3)12(18)11(8)13(19)17-6-14(20,7-17)10-4-5-10/h10,20H,4-7H2,1-3H3. The maximum atomic E-state index is 12.5. The average Bonchev–Trinajstić information content (AvgIpc) is 3.17. The van der Waals surface area contributed by atoms with E-state index in [4.69, 9.17) is 0 Å².